The van der Waals surface area contributed by atoms with Crippen LogP contribution in [-0.4, -0.2) is 49.4 Å². The van der Waals surface area contributed by atoms with E-state index in [2.05, 4.69) is 25.6 Å². The predicted octanol–water partition coefficient (Wildman–Crippen LogP) is 2.24. The molecule has 0 unspecified atom stereocenters. The van der Waals surface area contributed by atoms with Crippen LogP contribution < -0.4 is 10.9 Å². The molecule has 0 amide bonds. The molecule has 0 spiro atoms. The third kappa shape index (κ3) is 5.05. The molecule has 2 aromatic heterocycles. The van der Waals surface area contributed by atoms with Gasteiger partial charge in [-0.25, -0.2) is 14.6 Å². The average molecular weight is 408 g/mol. The van der Waals surface area contributed by atoms with Crippen LogP contribution in [0.4, 0.5) is 19.1 Å². The molecule has 0 atom stereocenters. The van der Waals surface area contributed by atoms with Gasteiger partial charge in [-0.05, 0) is 17.7 Å². The molecule has 29 heavy (non-hydrogen) atoms. The highest BCUT2D eigenvalue weighted by Gasteiger charge is 2.27. The van der Waals surface area contributed by atoms with Gasteiger partial charge in [0, 0.05) is 30.0 Å². The molecule has 0 aliphatic rings. The Morgan fingerprint density at radius 1 is 1.14 bits per heavy atom. The van der Waals surface area contributed by atoms with Gasteiger partial charge in [0.05, 0.1) is 11.9 Å². The Hall–Kier alpha value is -3.08. The molecule has 0 saturated carbocycles. The number of aromatic nitrogens is 5. The molecule has 3 aromatic rings. The van der Waals surface area contributed by atoms with Crippen LogP contribution >= 0.6 is 0 Å². The SMILES string of the molecule is CC(C)(CO)Cn1nnc2ccc(-c3cnc(NCC(F)(F)F)nc3)cc2c1=O. The monoisotopic (exact) mass is 408 g/mol. The van der Waals surface area contributed by atoms with Crippen LogP contribution in [0.25, 0.3) is 22.0 Å². The van der Waals surface area contributed by atoms with Gasteiger partial charge in [-0.1, -0.05) is 25.1 Å². The van der Waals surface area contributed by atoms with Crippen molar-refractivity contribution >= 4 is 16.9 Å². The van der Waals surface area contributed by atoms with Crippen LogP contribution in [0, 0.1) is 5.41 Å². The van der Waals surface area contributed by atoms with Crippen molar-refractivity contribution in [2.24, 2.45) is 5.41 Å². The summed E-state index contributed by atoms with van der Waals surface area (Å²) >= 11 is 0. The summed E-state index contributed by atoms with van der Waals surface area (Å²) in [6.45, 7) is 2.44. The minimum Gasteiger partial charge on any atom is -0.396 e. The molecule has 1 aromatic carbocycles. The number of hydrogen-bond donors (Lipinski definition) is 2. The molecule has 2 heterocycles. The highest BCUT2D eigenvalue weighted by atomic mass is 19.4. The summed E-state index contributed by atoms with van der Waals surface area (Å²) in [4.78, 5) is 20.5. The quantitative estimate of drug-likeness (QED) is 0.644. The Morgan fingerprint density at radius 2 is 1.83 bits per heavy atom. The molecule has 0 aliphatic carbocycles. The van der Waals surface area contributed by atoms with Crippen LogP contribution in [0.1, 0.15) is 13.8 Å². The highest BCUT2D eigenvalue weighted by Crippen LogP contribution is 2.22. The molecular formula is C18H19F3N6O2. The van der Waals surface area contributed by atoms with Crippen molar-refractivity contribution in [3.05, 3.63) is 40.9 Å². The number of aliphatic hydroxyl groups is 1. The minimum atomic E-state index is -4.37. The van der Waals surface area contributed by atoms with Gasteiger partial charge in [0.15, 0.2) is 0 Å². The van der Waals surface area contributed by atoms with E-state index in [1.807, 2.05) is 0 Å². The van der Waals surface area contributed by atoms with Gasteiger partial charge >= 0.3 is 6.18 Å². The third-order valence-corrected chi connectivity index (χ3v) is 4.16. The van der Waals surface area contributed by atoms with Gasteiger partial charge in [-0.3, -0.25) is 4.79 Å². The lowest BCUT2D eigenvalue weighted by atomic mass is 9.95. The maximum absolute atomic E-state index is 12.8. The fourth-order valence-electron chi connectivity index (χ4n) is 2.56. The van der Waals surface area contributed by atoms with Crippen LogP contribution in [0.2, 0.25) is 0 Å². The summed E-state index contributed by atoms with van der Waals surface area (Å²) < 4.78 is 38.0. The first-order chi connectivity index (χ1) is 13.6. The summed E-state index contributed by atoms with van der Waals surface area (Å²) in [6, 6.07) is 4.92. The van der Waals surface area contributed by atoms with E-state index in [0.717, 1.165) is 0 Å². The highest BCUT2D eigenvalue weighted by molar-refractivity contribution is 5.83. The molecule has 0 bridgehead atoms. The number of hydrogen-bond acceptors (Lipinski definition) is 7. The van der Waals surface area contributed by atoms with Crippen molar-refractivity contribution in [1.29, 1.82) is 0 Å². The maximum atomic E-state index is 12.8. The molecule has 11 heteroatoms. The van der Waals surface area contributed by atoms with Crippen molar-refractivity contribution < 1.29 is 18.3 Å². The van der Waals surface area contributed by atoms with E-state index in [1.165, 1.54) is 17.1 Å². The van der Waals surface area contributed by atoms with E-state index in [4.69, 9.17) is 0 Å². The summed E-state index contributed by atoms with van der Waals surface area (Å²) in [5, 5.41) is 19.8. The zero-order valence-electron chi connectivity index (χ0n) is 15.7. The first-order valence-electron chi connectivity index (χ1n) is 8.69. The van der Waals surface area contributed by atoms with E-state index in [9.17, 15) is 23.1 Å². The zero-order valence-corrected chi connectivity index (χ0v) is 15.7. The van der Waals surface area contributed by atoms with E-state index < -0.39 is 18.1 Å². The first kappa shape index (κ1) is 20.6. The fraction of sp³-hybridized carbons (Fsp3) is 0.389. The topological polar surface area (TPSA) is 106 Å². The van der Waals surface area contributed by atoms with Gasteiger partial charge in [-0.15, -0.1) is 5.10 Å². The Morgan fingerprint density at radius 3 is 2.45 bits per heavy atom. The predicted molar refractivity (Wildman–Crippen MR) is 100 cm³/mol. The number of fused-ring (bicyclic) bond motifs is 1. The van der Waals surface area contributed by atoms with Crippen LogP contribution in [0.5, 0.6) is 0 Å². The van der Waals surface area contributed by atoms with Crippen molar-refractivity contribution in [1.82, 2.24) is 25.0 Å². The van der Waals surface area contributed by atoms with Crippen LogP contribution in [0.15, 0.2) is 35.4 Å². The molecule has 0 aliphatic heterocycles. The Bertz CT molecular complexity index is 1060. The molecule has 0 radical (unpaired) electrons. The molecule has 0 saturated heterocycles. The Balaban J connectivity index is 1.90. The summed E-state index contributed by atoms with van der Waals surface area (Å²) in [5.74, 6) is -0.147. The van der Waals surface area contributed by atoms with E-state index in [0.29, 0.717) is 22.0 Å². The third-order valence-electron chi connectivity index (χ3n) is 4.16. The smallest absolute Gasteiger partial charge is 0.396 e. The molecular weight excluding hydrogens is 389 g/mol. The average Bonchev–Trinajstić information content (AvgIpc) is 2.68. The van der Waals surface area contributed by atoms with Crippen molar-refractivity contribution in [2.45, 2.75) is 26.6 Å². The number of nitrogens with one attached hydrogen (secondary N) is 1. The zero-order chi connectivity index (χ0) is 21.2. The molecule has 2 N–H and O–H groups in total. The number of benzene rings is 1. The number of aliphatic hydroxyl groups excluding tert-OH is 1. The van der Waals surface area contributed by atoms with Crippen LogP contribution in [0.3, 0.4) is 0 Å². The van der Waals surface area contributed by atoms with Crippen molar-refractivity contribution in [2.75, 3.05) is 18.5 Å². The van der Waals surface area contributed by atoms with Gasteiger partial charge < -0.3 is 10.4 Å². The lowest BCUT2D eigenvalue weighted by Gasteiger charge is -2.21. The van der Waals surface area contributed by atoms with Crippen molar-refractivity contribution in [3.63, 3.8) is 0 Å². The van der Waals surface area contributed by atoms with Gasteiger partial charge in [0.25, 0.3) is 5.56 Å². The second-order valence-corrected chi connectivity index (χ2v) is 7.37. The van der Waals surface area contributed by atoms with Gasteiger partial charge in [0.2, 0.25) is 5.95 Å². The van der Waals surface area contributed by atoms with Crippen molar-refractivity contribution in [3.8, 4) is 11.1 Å². The number of nitrogens with zero attached hydrogens (tertiary/aromatic N) is 5. The molecule has 3 rings (SSSR count). The Kier molecular flexibility index (Phi) is 5.51. The Labute approximate surface area is 163 Å². The van der Waals surface area contributed by atoms with E-state index >= 15 is 0 Å². The second-order valence-electron chi connectivity index (χ2n) is 7.37. The molecule has 8 nitrogen and oxygen atoms in total. The lowest BCUT2D eigenvalue weighted by Crippen LogP contribution is -2.33. The second kappa shape index (κ2) is 7.74. The molecule has 0 fully saturated rings. The van der Waals surface area contributed by atoms with E-state index in [-0.39, 0.29) is 24.7 Å². The summed E-state index contributed by atoms with van der Waals surface area (Å²) in [6.07, 6.45) is -1.63. The summed E-state index contributed by atoms with van der Waals surface area (Å²) in [5.41, 5.74) is 0.640. The maximum Gasteiger partial charge on any atom is 0.405 e. The first-order valence-corrected chi connectivity index (χ1v) is 8.69. The number of alkyl halides is 3. The normalized spacial score (nSPS) is 12.3. The number of anilines is 1. The number of rotatable bonds is 6. The van der Waals surface area contributed by atoms with Gasteiger partial charge in [-0.2, -0.15) is 13.2 Å². The minimum absolute atomic E-state index is 0.120. The largest absolute Gasteiger partial charge is 0.405 e. The standard InChI is InChI=1S/C18H19F3N6O2/c1-17(2,10-28)9-27-15(29)13-5-11(3-4-14(13)25-26-27)12-6-22-16(23-7-12)24-8-18(19,20)21/h3-7,28H,8-10H2,1-2H3,(H,22,23,24). The van der Waals surface area contributed by atoms with E-state index in [1.54, 1.807) is 32.0 Å². The fourth-order valence-corrected chi connectivity index (χ4v) is 2.56. The lowest BCUT2D eigenvalue weighted by molar-refractivity contribution is -0.115. The summed E-state index contributed by atoms with van der Waals surface area (Å²) in [7, 11) is 0. The number of halogens is 3. The molecule has 154 valence electrons. The van der Waals surface area contributed by atoms with Gasteiger partial charge in [0.1, 0.15) is 12.1 Å². The van der Waals surface area contributed by atoms with Crippen LogP contribution in [-0.2, 0) is 6.54 Å².